The van der Waals surface area contributed by atoms with Crippen LogP contribution in [0.1, 0.15) is 13.3 Å². The van der Waals surface area contributed by atoms with Gasteiger partial charge in [-0.1, -0.05) is 30.0 Å². The lowest BCUT2D eigenvalue weighted by Crippen LogP contribution is -2.24. The number of aromatic nitrogens is 5. The van der Waals surface area contributed by atoms with Crippen molar-refractivity contribution in [2.24, 2.45) is 7.05 Å². The van der Waals surface area contributed by atoms with Crippen molar-refractivity contribution >= 4 is 34.1 Å². The molecule has 3 aromatic rings. The summed E-state index contributed by atoms with van der Waals surface area (Å²) in [4.78, 5) is 12.7. The summed E-state index contributed by atoms with van der Waals surface area (Å²) in [6.45, 7) is 1.94. The number of anilines is 1. The van der Waals surface area contributed by atoms with E-state index in [1.54, 1.807) is 31.2 Å². The third kappa shape index (κ3) is 4.42. The Bertz CT molecular complexity index is 958. The van der Waals surface area contributed by atoms with Crippen LogP contribution < -0.4 is 14.8 Å². The molecule has 148 valence electrons. The van der Waals surface area contributed by atoms with E-state index in [0.717, 1.165) is 5.56 Å². The SMILES string of the molecule is CC[C@@H](Sc1nncn1C)C(=O)Nc1nnc(-c2cc(OC)ccc2OC)s1. The number of benzene rings is 1. The van der Waals surface area contributed by atoms with Gasteiger partial charge in [0.25, 0.3) is 0 Å². The maximum atomic E-state index is 12.7. The highest BCUT2D eigenvalue weighted by Crippen LogP contribution is 2.36. The quantitative estimate of drug-likeness (QED) is 0.555. The van der Waals surface area contributed by atoms with Crippen LogP contribution >= 0.6 is 23.1 Å². The Hall–Kier alpha value is -2.66. The zero-order chi connectivity index (χ0) is 20.1. The molecule has 9 nitrogen and oxygen atoms in total. The van der Waals surface area contributed by atoms with Crippen LogP contribution in [0.4, 0.5) is 5.13 Å². The fourth-order valence-electron chi connectivity index (χ4n) is 2.38. The molecule has 1 N–H and O–H groups in total. The summed E-state index contributed by atoms with van der Waals surface area (Å²) < 4.78 is 12.4. The predicted octanol–water partition coefficient (Wildman–Crippen LogP) is 2.86. The highest BCUT2D eigenvalue weighted by atomic mass is 32.2. The molecule has 1 aromatic carbocycles. The van der Waals surface area contributed by atoms with Gasteiger partial charge in [0, 0.05) is 7.05 Å². The van der Waals surface area contributed by atoms with Gasteiger partial charge in [0.15, 0.2) is 10.2 Å². The van der Waals surface area contributed by atoms with Gasteiger partial charge in [0.05, 0.1) is 25.0 Å². The zero-order valence-electron chi connectivity index (χ0n) is 15.9. The van der Waals surface area contributed by atoms with Crippen molar-refractivity contribution in [1.29, 1.82) is 0 Å². The maximum Gasteiger partial charge on any atom is 0.239 e. The van der Waals surface area contributed by atoms with E-state index in [1.165, 1.54) is 23.1 Å². The second-order valence-electron chi connectivity index (χ2n) is 5.71. The van der Waals surface area contributed by atoms with Crippen molar-refractivity contribution in [1.82, 2.24) is 25.0 Å². The molecule has 0 bridgehead atoms. The van der Waals surface area contributed by atoms with Crippen molar-refractivity contribution in [3.63, 3.8) is 0 Å². The zero-order valence-corrected chi connectivity index (χ0v) is 17.5. The van der Waals surface area contributed by atoms with Gasteiger partial charge in [-0.25, -0.2) is 0 Å². The number of methoxy groups -OCH3 is 2. The molecule has 0 spiro atoms. The second kappa shape index (κ2) is 9.02. The Morgan fingerprint density at radius 2 is 2.11 bits per heavy atom. The largest absolute Gasteiger partial charge is 0.497 e. The van der Waals surface area contributed by atoms with Crippen molar-refractivity contribution in [2.45, 2.75) is 23.8 Å². The summed E-state index contributed by atoms with van der Waals surface area (Å²) in [5.41, 5.74) is 0.750. The molecular formula is C17H20N6O3S2. The third-order valence-electron chi connectivity index (χ3n) is 3.87. The summed E-state index contributed by atoms with van der Waals surface area (Å²) in [7, 11) is 5.02. The van der Waals surface area contributed by atoms with E-state index in [2.05, 4.69) is 25.7 Å². The minimum atomic E-state index is -0.318. The molecule has 0 unspecified atom stereocenters. The van der Waals surface area contributed by atoms with Gasteiger partial charge in [-0.15, -0.1) is 20.4 Å². The molecule has 28 heavy (non-hydrogen) atoms. The number of carbonyl (C=O) groups is 1. The number of thioether (sulfide) groups is 1. The minimum absolute atomic E-state index is 0.157. The van der Waals surface area contributed by atoms with Gasteiger partial charge in [0.1, 0.15) is 17.8 Å². The number of amides is 1. The smallest absolute Gasteiger partial charge is 0.239 e. The van der Waals surface area contributed by atoms with E-state index < -0.39 is 0 Å². The summed E-state index contributed by atoms with van der Waals surface area (Å²) in [6, 6.07) is 5.43. The standard InChI is InChI=1S/C17H20N6O3S2/c1-5-13(27-17-22-18-9-23(17)2)14(24)19-16-21-20-15(28-16)11-8-10(25-3)6-7-12(11)26-4/h6-9,13H,5H2,1-4H3,(H,19,21,24)/t13-/m1/s1. The Kier molecular flexibility index (Phi) is 6.47. The molecule has 0 aliphatic rings. The van der Waals surface area contributed by atoms with Gasteiger partial charge in [0.2, 0.25) is 11.0 Å². The first-order valence-electron chi connectivity index (χ1n) is 8.43. The van der Waals surface area contributed by atoms with E-state index in [-0.39, 0.29) is 11.2 Å². The van der Waals surface area contributed by atoms with Gasteiger partial charge in [-0.2, -0.15) is 0 Å². The number of hydrogen-bond acceptors (Lipinski definition) is 9. The Labute approximate surface area is 170 Å². The van der Waals surface area contributed by atoms with E-state index in [4.69, 9.17) is 9.47 Å². The predicted molar refractivity (Wildman–Crippen MR) is 108 cm³/mol. The first kappa shape index (κ1) is 20.1. The van der Waals surface area contributed by atoms with Gasteiger partial charge >= 0.3 is 0 Å². The monoisotopic (exact) mass is 420 g/mol. The first-order chi connectivity index (χ1) is 13.5. The molecular weight excluding hydrogens is 400 g/mol. The normalized spacial score (nSPS) is 11.9. The minimum Gasteiger partial charge on any atom is -0.497 e. The fourth-order valence-corrected chi connectivity index (χ4v) is 4.04. The first-order valence-corrected chi connectivity index (χ1v) is 10.1. The van der Waals surface area contributed by atoms with Crippen LogP contribution in [0.15, 0.2) is 29.7 Å². The molecule has 0 saturated heterocycles. The summed E-state index contributed by atoms with van der Waals surface area (Å²) in [6.07, 6.45) is 2.24. The molecule has 0 aliphatic heterocycles. The number of rotatable bonds is 8. The van der Waals surface area contributed by atoms with E-state index >= 15 is 0 Å². The van der Waals surface area contributed by atoms with Crippen molar-refractivity contribution in [3.05, 3.63) is 24.5 Å². The highest BCUT2D eigenvalue weighted by Gasteiger charge is 2.22. The lowest BCUT2D eigenvalue weighted by molar-refractivity contribution is -0.115. The molecule has 2 heterocycles. The molecule has 0 fully saturated rings. The number of hydrogen-bond donors (Lipinski definition) is 1. The molecule has 0 radical (unpaired) electrons. The lowest BCUT2D eigenvalue weighted by Gasteiger charge is -2.12. The average molecular weight is 421 g/mol. The van der Waals surface area contributed by atoms with Crippen LogP contribution in [0.3, 0.4) is 0 Å². The molecule has 1 amide bonds. The van der Waals surface area contributed by atoms with E-state index in [1.807, 2.05) is 26.1 Å². The van der Waals surface area contributed by atoms with Crippen LogP contribution in [0.5, 0.6) is 11.5 Å². The van der Waals surface area contributed by atoms with Crippen LogP contribution in [0, 0.1) is 0 Å². The summed E-state index contributed by atoms with van der Waals surface area (Å²) in [5.74, 6) is 1.18. The fraction of sp³-hybridized carbons (Fsp3) is 0.353. The molecule has 2 aromatic heterocycles. The number of aryl methyl sites for hydroxylation is 1. The number of carbonyl (C=O) groups excluding carboxylic acids is 1. The topological polar surface area (TPSA) is 104 Å². The van der Waals surface area contributed by atoms with Gasteiger partial charge in [-0.3, -0.25) is 10.1 Å². The molecule has 1 atom stereocenters. The lowest BCUT2D eigenvalue weighted by atomic mass is 10.2. The highest BCUT2D eigenvalue weighted by molar-refractivity contribution is 8.00. The van der Waals surface area contributed by atoms with Crippen LogP contribution in [0.25, 0.3) is 10.6 Å². The number of ether oxygens (including phenoxy) is 2. The van der Waals surface area contributed by atoms with Crippen LogP contribution in [0.2, 0.25) is 0 Å². The van der Waals surface area contributed by atoms with Crippen LogP contribution in [-0.2, 0) is 11.8 Å². The van der Waals surface area contributed by atoms with Gasteiger partial charge in [-0.05, 0) is 24.6 Å². The Balaban J connectivity index is 1.75. The summed E-state index contributed by atoms with van der Waals surface area (Å²) >= 11 is 2.63. The molecule has 0 saturated carbocycles. The molecule has 3 rings (SSSR count). The molecule has 0 aliphatic carbocycles. The van der Waals surface area contributed by atoms with Gasteiger partial charge < -0.3 is 14.0 Å². The number of nitrogens with zero attached hydrogens (tertiary/aromatic N) is 5. The molecule has 11 heteroatoms. The average Bonchev–Trinajstić information content (AvgIpc) is 3.34. The Morgan fingerprint density at radius 3 is 2.75 bits per heavy atom. The third-order valence-corrected chi connectivity index (χ3v) is 6.16. The number of nitrogens with one attached hydrogen (secondary N) is 1. The van der Waals surface area contributed by atoms with E-state index in [9.17, 15) is 4.79 Å². The summed E-state index contributed by atoms with van der Waals surface area (Å²) in [5, 5.41) is 20.4. The van der Waals surface area contributed by atoms with Crippen LogP contribution in [-0.4, -0.2) is 50.3 Å². The van der Waals surface area contributed by atoms with Crippen molar-refractivity contribution in [2.75, 3.05) is 19.5 Å². The maximum absolute atomic E-state index is 12.7. The van der Waals surface area contributed by atoms with Crippen molar-refractivity contribution in [3.8, 4) is 22.1 Å². The van der Waals surface area contributed by atoms with Crippen molar-refractivity contribution < 1.29 is 14.3 Å². The van der Waals surface area contributed by atoms with E-state index in [0.29, 0.717) is 33.2 Å². The Morgan fingerprint density at radius 1 is 1.29 bits per heavy atom. The second-order valence-corrected chi connectivity index (χ2v) is 7.85.